The minimum atomic E-state index is 0. The Kier molecular flexibility index (Phi) is 39.7. The molecular weight excluding hydrogens is 468 g/mol. The fourth-order valence-corrected chi connectivity index (χ4v) is 2.78. The van der Waals surface area contributed by atoms with Crippen molar-refractivity contribution in [3.63, 3.8) is 0 Å². The molecule has 214 valence electrons. The molecule has 0 fully saturated rings. The van der Waals surface area contributed by atoms with Crippen LogP contribution >= 0.6 is 0 Å². The normalized spacial score (nSPS) is 7.54. The van der Waals surface area contributed by atoms with Crippen LogP contribution in [-0.2, 0) is 0 Å². The van der Waals surface area contributed by atoms with E-state index < -0.39 is 0 Å². The van der Waals surface area contributed by atoms with Crippen molar-refractivity contribution >= 4 is 10.8 Å². The highest BCUT2D eigenvalue weighted by Gasteiger charge is 1.91. The minimum absolute atomic E-state index is 0. The molecule has 0 aromatic heterocycles. The van der Waals surface area contributed by atoms with Crippen LogP contribution in [0.3, 0.4) is 0 Å². The highest BCUT2D eigenvalue weighted by atomic mass is 14.0. The van der Waals surface area contributed by atoms with E-state index in [-0.39, 0.29) is 7.43 Å². The smallest absolute Gasteiger partial charge is 0.0184 e. The van der Waals surface area contributed by atoms with Crippen LogP contribution < -0.4 is 0 Å². The van der Waals surface area contributed by atoms with Crippen LogP contribution in [0.25, 0.3) is 21.9 Å². The van der Waals surface area contributed by atoms with E-state index in [0.717, 1.165) is 0 Å². The SMILES string of the molecule is C.CC.CC.CC.CC.CC.c1ccc(-c2ccccc2)cc1.c1ccc2ccccc2c1.c1ccccc1. The van der Waals surface area contributed by atoms with Gasteiger partial charge in [-0.05, 0) is 21.9 Å². The molecule has 5 rings (SSSR count). The Morgan fingerprint density at radius 2 is 0.385 bits per heavy atom. The van der Waals surface area contributed by atoms with Crippen molar-refractivity contribution in [2.24, 2.45) is 0 Å². The molecule has 0 bridgehead atoms. The molecule has 5 aromatic rings. The first-order valence-corrected chi connectivity index (χ1v) is 14.5. The van der Waals surface area contributed by atoms with Gasteiger partial charge in [-0.3, -0.25) is 0 Å². The molecule has 0 heterocycles. The second-order valence-corrected chi connectivity index (χ2v) is 6.23. The van der Waals surface area contributed by atoms with Crippen LogP contribution in [-0.4, -0.2) is 0 Å². The lowest BCUT2D eigenvalue weighted by Crippen LogP contribution is -1.73. The summed E-state index contributed by atoms with van der Waals surface area (Å²) in [5.74, 6) is 0. The highest BCUT2D eigenvalue weighted by Crippen LogP contribution is 2.17. The highest BCUT2D eigenvalue weighted by molar-refractivity contribution is 5.82. The molecule has 5 aromatic carbocycles. The Morgan fingerprint density at radius 1 is 0.231 bits per heavy atom. The molecule has 0 nitrogen and oxygen atoms in total. The first-order valence-electron chi connectivity index (χ1n) is 14.5. The van der Waals surface area contributed by atoms with E-state index in [1.54, 1.807) is 0 Å². The zero-order valence-corrected chi connectivity index (χ0v) is 25.9. The minimum Gasteiger partial charge on any atom is -0.0776 e. The Balaban J connectivity index is -0.000000206. The second kappa shape index (κ2) is 36.5. The standard InChI is InChI=1S/C12H10.C10H8.C6H6.5C2H6.CH4/c1-3-7-11(8-4-1)12-9-5-2-6-10-12;1-2-6-10-8-4-3-7-9(10)5-1;1-2-4-6-5-3-1;5*1-2;/h1-10H;1-8H;1-6H;5*1-2H3;1H4. The van der Waals surface area contributed by atoms with Crippen molar-refractivity contribution in [3.8, 4) is 11.1 Å². The summed E-state index contributed by atoms with van der Waals surface area (Å²) >= 11 is 0. The quantitative estimate of drug-likeness (QED) is 0.204. The van der Waals surface area contributed by atoms with Crippen LogP contribution in [0.4, 0.5) is 0 Å². The first kappa shape index (κ1) is 42.4. The van der Waals surface area contributed by atoms with Crippen molar-refractivity contribution in [2.75, 3.05) is 0 Å². The van der Waals surface area contributed by atoms with Crippen LogP contribution in [0.15, 0.2) is 146 Å². The fourth-order valence-electron chi connectivity index (χ4n) is 2.78. The number of rotatable bonds is 1. The Bertz CT molecular complexity index is 906. The third kappa shape index (κ3) is 22.1. The van der Waals surface area contributed by atoms with Crippen molar-refractivity contribution < 1.29 is 0 Å². The van der Waals surface area contributed by atoms with E-state index in [1.165, 1.54) is 21.9 Å². The number of hydrogen-bond donors (Lipinski definition) is 0. The summed E-state index contributed by atoms with van der Waals surface area (Å²) in [5.41, 5.74) is 2.55. The van der Waals surface area contributed by atoms with Crippen LogP contribution in [0.2, 0.25) is 0 Å². The Hall–Kier alpha value is -3.64. The molecule has 0 saturated heterocycles. The van der Waals surface area contributed by atoms with Gasteiger partial charge in [-0.2, -0.15) is 0 Å². The predicted octanol–water partition coefficient (Wildman–Crippen LogP) is 13.6. The zero-order valence-electron chi connectivity index (χ0n) is 25.9. The van der Waals surface area contributed by atoms with Gasteiger partial charge in [0.1, 0.15) is 0 Å². The lowest BCUT2D eigenvalue weighted by molar-refractivity contribution is 1.50. The van der Waals surface area contributed by atoms with Gasteiger partial charge in [0, 0.05) is 0 Å². The van der Waals surface area contributed by atoms with Crippen LogP contribution in [0.5, 0.6) is 0 Å². The lowest BCUT2D eigenvalue weighted by Gasteiger charge is -1.98. The van der Waals surface area contributed by atoms with E-state index >= 15 is 0 Å². The molecule has 0 spiro atoms. The van der Waals surface area contributed by atoms with Gasteiger partial charge in [0.25, 0.3) is 0 Å². The molecule has 39 heavy (non-hydrogen) atoms. The summed E-state index contributed by atoms with van der Waals surface area (Å²) in [7, 11) is 0. The van der Waals surface area contributed by atoms with E-state index in [4.69, 9.17) is 0 Å². The average Bonchev–Trinajstić information content (AvgIpc) is 3.08. The average molecular weight is 527 g/mol. The molecule has 0 aliphatic rings. The third-order valence-corrected chi connectivity index (χ3v) is 4.21. The Labute approximate surface area is 243 Å². The molecule has 0 N–H and O–H groups in total. The van der Waals surface area contributed by atoms with Gasteiger partial charge in [0.05, 0.1) is 0 Å². The van der Waals surface area contributed by atoms with Gasteiger partial charge in [0.15, 0.2) is 0 Å². The summed E-state index contributed by atoms with van der Waals surface area (Å²) in [6.45, 7) is 20.0. The van der Waals surface area contributed by atoms with Crippen molar-refractivity contribution in [1.29, 1.82) is 0 Å². The van der Waals surface area contributed by atoms with E-state index in [2.05, 4.69) is 97.1 Å². The van der Waals surface area contributed by atoms with E-state index in [1.807, 2.05) is 118 Å². The maximum absolute atomic E-state index is 2.12. The van der Waals surface area contributed by atoms with Gasteiger partial charge in [-0.15, -0.1) is 0 Å². The maximum atomic E-state index is 2.12. The molecular formula is C39H58. The van der Waals surface area contributed by atoms with Gasteiger partial charge in [0.2, 0.25) is 0 Å². The van der Waals surface area contributed by atoms with E-state index in [0.29, 0.717) is 0 Å². The molecule has 0 radical (unpaired) electrons. The molecule has 0 amide bonds. The summed E-state index contributed by atoms with van der Waals surface area (Å²) in [6.07, 6.45) is 0. The molecule has 0 heteroatoms. The summed E-state index contributed by atoms with van der Waals surface area (Å²) in [4.78, 5) is 0. The number of fused-ring (bicyclic) bond motifs is 1. The first-order chi connectivity index (χ1) is 18.9. The van der Waals surface area contributed by atoms with Gasteiger partial charge in [-0.1, -0.05) is 222 Å². The summed E-state index contributed by atoms with van der Waals surface area (Å²) < 4.78 is 0. The number of hydrogen-bond acceptors (Lipinski definition) is 0. The van der Waals surface area contributed by atoms with Gasteiger partial charge >= 0.3 is 0 Å². The van der Waals surface area contributed by atoms with Crippen molar-refractivity contribution in [3.05, 3.63) is 146 Å². The van der Waals surface area contributed by atoms with Crippen molar-refractivity contribution in [2.45, 2.75) is 76.7 Å². The topological polar surface area (TPSA) is 0 Å². The third-order valence-electron chi connectivity index (χ3n) is 4.21. The summed E-state index contributed by atoms with van der Waals surface area (Å²) in [6, 6.07) is 49.5. The molecule has 0 aliphatic carbocycles. The monoisotopic (exact) mass is 526 g/mol. The van der Waals surface area contributed by atoms with Gasteiger partial charge < -0.3 is 0 Å². The van der Waals surface area contributed by atoms with Crippen LogP contribution in [0.1, 0.15) is 76.7 Å². The summed E-state index contributed by atoms with van der Waals surface area (Å²) in [5, 5.41) is 2.62. The molecule has 0 saturated carbocycles. The molecule has 0 aliphatic heterocycles. The maximum Gasteiger partial charge on any atom is -0.0184 e. The molecule has 0 atom stereocenters. The number of benzene rings is 5. The lowest BCUT2D eigenvalue weighted by atomic mass is 10.1. The van der Waals surface area contributed by atoms with Gasteiger partial charge in [-0.25, -0.2) is 0 Å². The van der Waals surface area contributed by atoms with Crippen LogP contribution in [0, 0.1) is 0 Å². The Morgan fingerprint density at radius 3 is 0.590 bits per heavy atom. The van der Waals surface area contributed by atoms with E-state index in [9.17, 15) is 0 Å². The predicted molar refractivity (Wildman–Crippen MR) is 186 cm³/mol. The fraction of sp³-hybridized carbons (Fsp3) is 0.282. The second-order valence-electron chi connectivity index (χ2n) is 6.23. The van der Waals surface area contributed by atoms with Crippen molar-refractivity contribution in [1.82, 2.24) is 0 Å². The zero-order chi connectivity index (χ0) is 29.3. The largest absolute Gasteiger partial charge is 0.0776 e. The molecule has 0 unspecified atom stereocenters.